The first-order valence-electron chi connectivity index (χ1n) is 8.86. The Kier molecular flexibility index (Phi) is 4.10. The number of likely N-dealkylation sites (tertiary alicyclic amines) is 2. The van der Waals surface area contributed by atoms with E-state index in [0.717, 1.165) is 37.2 Å². The molecule has 0 unspecified atom stereocenters. The third-order valence-corrected chi connectivity index (χ3v) is 5.47. The number of rotatable bonds is 3. The molecule has 24 heavy (non-hydrogen) atoms. The highest BCUT2D eigenvalue weighted by molar-refractivity contribution is 5.98. The summed E-state index contributed by atoms with van der Waals surface area (Å²) in [4.78, 5) is 17.8. The molecule has 0 aliphatic carbocycles. The maximum Gasteiger partial charge on any atom is 0.256 e. The highest BCUT2D eigenvalue weighted by Gasteiger charge is 2.39. The lowest BCUT2D eigenvalue weighted by molar-refractivity contribution is 0.0664. The van der Waals surface area contributed by atoms with Gasteiger partial charge in [0.25, 0.3) is 5.91 Å². The molecule has 2 atom stereocenters. The van der Waals surface area contributed by atoms with E-state index in [2.05, 4.69) is 21.9 Å². The molecule has 5 nitrogen and oxygen atoms in total. The Bertz CT molecular complexity index is 712. The molecule has 0 radical (unpaired) electrons. The molecule has 0 N–H and O–H groups in total. The van der Waals surface area contributed by atoms with E-state index in [1.54, 1.807) is 10.9 Å². The molecule has 2 aliphatic rings. The van der Waals surface area contributed by atoms with Gasteiger partial charge in [0, 0.05) is 31.0 Å². The second kappa shape index (κ2) is 6.40. The predicted octanol–water partition coefficient (Wildman–Crippen LogP) is 2.57. The van der Waals surface area contributed by atoms with Crippen LogP contribution in [0, 0.1) is 0 Å². The number of hydrogen-bond acceptors (Lipinski definition) is 3. The number of likely N-dealkylation sites (N-methyl/N-ethyl adjacent to an activating group) is 1. The maximum absolute atomic E-state index is 13.3. The van der Waals surface area contributed by atoms with Gasteiger partial charge in [0.05, 0.1) is 11.3 Å². The summed E-state index contributed by atoms with van der Waals surface area (Å²) in [6.07, 6.45) is 8.29. The van der Waals surface area contributed by atoms with Crippen molar-refractivity contribution in [3.63, 3.8) is 0 Å². The molecule has 5 heteroatoms. The lowest BCUT2D eigenvalue weighted by Crippen LogP contribution is -2.47. The van der Waals surface area contributed by atoms with E-state index >= 15 is 0 Å². The summed E-state index contributed by atoms with van der Waals surface area (Å²) < 4.78 is 1.78. The fraction of sp³-hybridized carbons (Fsp3) is 0.474. The highest BCUT2D eigenvalue weighted by atomic mass is 16.2. The van der Waals surface area contributed by atoms with Crippen LogP contribution in [0.15, 0.2) is 42.7 Å². The van der Waals surface area contributed by atoms with Crippen LogP contribution in [0.5, 0.6) is 0 Å². The van der Waals surface area contributed by atoms with Crippen molar-refractivity contribution < 1.29 is 4.79 Å². The van der Waals surface area contributed by atoms with Crippen molar-refractivity contribution in [2.45, 2.75) is 37.8 Å². The summed E-state index contributed by atoms with van der Waals surface area (Å²) >= 11 is 0. The normalized spacial score (nSPS) is 24.6. The molecule has 1 aromatic carbocycles. The molecule has 2 aromatic rings. The fourth-order valence-electron chi connectivity index (χ4n) is 4.29. The first-order chi connectivity index (χ1) is 11.8. The van der Waals surface area contributed by atoms with Crippen molar-refractivity contribution >= 4 is 5.91 Å². The van der Waals surface area contributed by atoms with Crippen LogP contribution >= 0.6 is 0 Å². The monoisotopic (exact) mass is 324 g/mol. The smallest absolute Gasteiger partial charge is 0.256 e. The summed E-state index contributed by atoms with van der Waals surface area (Å²) in [5.74, 6) is 0.143. The Morgan fingerprint density at radius 2 is 1.88 bits per heavy atom. The van der Waals surface area contributed by atoms with E-state index < -0.39 is 0 Å². The molecular formula is C19H24N4O. The molecule has 0 saturated carbocycles. The number of carbonyl (C=O) groups excluding carboxylic acids is 1. The number of amides is 1. The van der Waals surface area contributed by atoms with Crippen molar-refractivity contribution in [1.82, 2.24) is 19.6 Å². The number of nitrogens with zero attached hydrogens (tertiary/aromatic N) is 4. The van der Waals surface area contributed by atoms with E-state index in [0.29, 0.717) is 12.1 Å². The topological polar surface area (TPSA) is 41.4 Å². The van der Waals surface area contributed by atoms with E-state index in [4.69, 9.17) is 0 Å². The molecule has 2 fully saturated rings. The molecule has 1 aromatic heterocycles. The van der Waals surface area contributed by atoms with Gasteiger partial charge in [-0.3, -0.25) is 4.79 Å². The number of aromatic nitrogens is 2. The van der Waals surface area contributed by atoms with Gasteiger partial charge < -0.3 is 9.80 Å². The van der Waals surface area contributed by atoms with E-state index in [9.17, 15) is 4.79 Å². The molecule has 2 saturated heterocycles. The predicted molar refractivity (Wildman–Crippen MR) is 93.3 cm³/mol. The Balaban J connectivity index is 1.64. The molecule has 3 heterocycles. The Morgan fingerprint density at radius 3 is 2.62 bits per heavy atom. The van der Waals surface area contributed by atoms with E-state index in [1.807, 2.05) is 36.5 Å². The first kappa shape index (κ1) is 15.4. The molecule has 4 rings (SSSR count). The summed E-state index contributed by atoms with van der Waals surface area (Å²) in [6, 6.07) is 10.5. The Morgan fingerprint density at radius 1 is 1.08 bits per heavy atom. The molecule has 1 amide bonds. The highest BCUT2D eigenvalue weighted by Crippen LogP contribution is 2.31. The minimum absolute atomic E-state index is 0.143. The first-order valence-corrected chi connectivity index (χ1v) is 8.86. The SMILES string of the molecule is CN1CCC[C@H]1[C@H]1CCCN1C(=O)c1ccccc1-n1cccn1. The standard InChI is InChI=1S/C19H24N4O/c1-21-12-4-9-17(21)18-10-5-13-22(18)19(24)15-7-2-3-8-16(15)23-14-6-11-20-23/h2-3,6-8,11,14,17-18H,4-5,9-10,12-13H2,1H3/t17-,18+/m0/s1. The van der Waals surface area contributed by atoms with E-state index in [-0.39, 0.29) is 5.91 Å². The summed E-state index contributed by atoms with van der Waals surface area (Å²) in [5.41, 5.74) is 1.60. The van der Waals surface area contributed by atoms with Gasteiger partial charge >= 0.3 is 0 Å². The van der Waals surface area contributed by atoms with Gasteiger partial charge in [-0.1, -0.05) is 12.1 Å². The van der Waals surface area contributed by atoms with Crippen molar-refractivity contribution in [2.75, 3.05) is 20.1 Å². The van der Waals surface area contributed by atoms with Crippen molar-refractivity contribution in [3.8, 4) is 5.69 Å². The maximum atomic E-state index is 13.3. The molecule has 126 valence electrons. The Hall–Kier alpha value is -2.14. The number of hydrogen-bond donors (Lipinski definition) is 0. The average molecular weight is 324 g/mol. The van der Waals surface area contributed by atoms with Crippen LogP contribution in [-0.2, 0) is 0 Å². The van der Waals surface area contributed by atoms with Crippen LogP contribution in [0.1, 0.15) is 36.0 Å². The summed E-state index contributed by atoms with van der Waals surface area (Å²) in [6.45, 7) is 2.01. The lowest BCUT2D eigenvalue weighted by atomic mass is 10.0. The average Bonchev–Trinajstić information content (AvgIpc) is 3.35. The largest absolute Gasteiger partial charge is 0.334 e. The zero-order valence-electron chi connectivity index (χ0n) is 14.1. The van der Waals surface area contributed by atoms with Crippen molar-refractivity contribution in [1.29, 1.82) is 0 Å². The molecule has 0 bridgehead atoms. The quantitative estimate of drug-likeness (QED) is 0.871. The van der Waals surface area contributed by atoms with Crippen LogP contribution in [-0.4, -0.2) is 57.7 Å². The molecule has 2 aliphatic heterocycles. The number of benzene rings is 1. The minimum Gasteiger partial charge on any atom is -0.334 e. The third kappa shape index (κ3) is 2.63. The zero-order valence-corrected chi connectivity index (χ0v) is 14.1. The molecule has 0 spiro atoms. The van der Waals surface area contributed by atoms with Crippen molar-refractivity contribution in [3.05, 3.63) is 48.3 Å². The van der Waals surface area contributed by atoms with Crippen LogP contribution in [0.3, 0.4) is 0 Å². The van der Waals surface area contributed by atoms with Gasteiger partial charge in [0.1, 0.15) is 0 Å². The second-order valence-corrected chi connectivity index (χ2v) is 6.87. The van der Waals surface area contributed by atoms with Crippen LogP contribution in [0.2, 0.25) is 0 Å². The van der Waals surface area contributed by atoms with Crippen molar-refractivity contribution in [2.24, 2.45) is 0 Å². The van der Waals surface area contributed by atoms with Gasteiger partial charge in [-0.25, -0.2) is 4.68 Å². The fourth-order valence-corrected chi connectivity index (χ4v) is 4.29. The number of para-hydroxylation sites is 1. The van der Waals surface area contributed by atoms with Gasteiger partial charge in [0.15, 0.2) is 0 Å². The molecular weight excluding hydrogens is 300 g/mol. The summed E-state index contributed by atoms with van der Waals surface area (Å²) in [5, 5.41) is 4.30. The zero-order chi connectivity index (χ0) is 16.5. The van der Waals surface area contributed by atoms with Gasteiger partial charge in [-0.05, 0) is 57.5 Å². The minimum atomic E-state index is 0.143. The van der Waals surface area contributed by atoms with Gasteiger partial charge in [-0.15, -0.1) is 0 Å². The van der Waals surface area contributed by atoms with Crippen LogP contribution in [0.4, 0.5) is 0 Å². The Labute approximate surface area is 142 Å². The van der Waals surface area contributed by atoms with Gasteiger partial charge in [-0.2, -0.15) is 5.10 Å². The van der Waals surface area contributed by atoms with Crippen LogP contribution in [0.25, 0.3) is 5.69 Å². The van der Waals surface area contributed by atoms with Crippen LogP contribution < -0.4 is 0 Å². The van der Waals surface area contributed by atoms with E-state index in [1.165, 1.54) is 12.8 Å². The van der Waals surface area contributed by atoms with Gasteiger partial charge in [0.2, 0.25) is 0 Å². The number of carbonyl (C=O) groups is 1. The summed E-state index contributed by atoms with van der Waals surface area (Å²) in [7, 11) is 2.19. The second-order valence-electron chi connectivity index (χ2n) is 6.87. The lowest BCUT2D eigenvalue weighted by Gasteiger charge is -2.33. The third-order valence-electron chi connectivity index (χ3n) is 5.47.